The zero-order valence-electron chi connectivity index (χ0n) is 14.8. The largest absolute Gasteiger partial charge is 0.282 e. The van der Waals surface area contributed by atoms with E-state index in [1.807, 2.05) is 0 Å². The summed E-state index contributed by atoms with van der Waals surface area (Å²) in [6, 6.07) is 3.04. The Balaban J connectivity index is 1.68. The summed E-state index contributed by atoms with van der Waals surface area (Å²) < 4.78 is 56.0. The van der Waals surface area contributed by atoms with Gasteiger partial charge in [-0.05, 0) is 30.4 Å². The highest BCUT2D eigenvalue weighted by Gasteiger charge is 2.38. The molecule has 2 fully saturated rings. The third kappa shape index (κ3) is 4.11. The van der Waals surface area contributed by atoms with Crippen molar-refractivity contribution in [2.24, 2.45) is 11.8 Å². The van der Waals surface area contributed by atoms with Crippen LogP contribution in [0.1, 0.15) is 20.3 Å². The van der Waals surface area contributed by atoms with E-state index in [0.717, 1.165) is 17.8 Å². The normalized spacial score (nSPS) is 27.7. The first kappa shape index (κ1) is 20.5. The summed E-state index contributed by atoms with van der Waals surface area (Å²) in [7, 11) is -7.17. The number of piperazine rings is 1. The van der Waals surface area contributed by atoms with Crippen LogP contribution in [0.5, 0.6) is 0 Å². The highest BCUT2D eigenvalue weighted by atomic mass is 35.5. The molecular formula is C15H24ClN3O4S3. The molecule has 7 nitrogen and oxygen atoms in total. The number of hydrogen-bond acceptors (Lipinski definition) is 5. The van der Waals surface area contributed by atoms with Crippen LogP contribution in [0.4, 0.5) is 0 Å². The fourth-order valence-corrected chi connectivity index (χ4v) is 8.56. The fourth-order valence-electron chi connectivity index (χ4n) is 3.66. The SMILES string of the molecule is CC1CC(C)CN(S(=O)(=O)N2CCN(S(=O)(=O)c3ccc(Cl)s3)CC2)C1. The van der Waals surface area contributed by atoms with E-state index >= 15 is 0 Å². The summed E-state index contributed by atoms with van der Waals surface area (Å²) >= 11 is 6.85. The van der Waals surface area contributed by atoms with E-state index in [-0.39, 0.29) is 30.4 Å². The lowest BCUT2D eigenvalue weighted by atomic mass is 9.94. The maximum Gasteiger partial charge on any atom is 0.282 e. The van der Waals surface area contributed by atoms with E-state index in [9.17, 15) is 16.8 Å². The van der Waals surface area contributed by atoms with E-state index in [4.69, 9.17) is 11.6 Å². The Labute approximate surface area is 164 Å². The Morgan fingerprint density at radius 1 is 0.923 bits per heavy atom. The molecule has 2 atom stereocenters. The van der Waals surface area contributed by atoms with Crippen LogP contribution < -0.4 is 0 Å². The summed E-state index contributed by atoms with van der Waals surface area (Å²) in [5.41, 5.74) is 0. The molecule has 3 rings (SSSR count). The number of rotatable bonds is 4. The second kappa shape index (κ2) is 7.65. The quantitative estimate of drug-likeness (QED) is 0.715. The minimum atomic E-state index is -3.62. The predicted octanol–water partition coefficient (Wildman–Crippen LogP) is 1.93. The zero-order chi connectivity index (χ0) is 19.1. The van der Waals surface area contributed by atoms with Gasteiger partial charge in [0.1, 0.15) is 4.21 Å². The molecule has 0 bridgehead atoms. The molecule has 2 aliphatic heterocycles. The van der Waals surface area contributed by atoms with Gasteiger partial charge in [-0.1, -0.05) is 25.4 Å². The van der Waals surface area contributed by atoms with Crippen LogP contribution in [0.2, 0.25) is 4.34 Å². The van der Waals surface area contributed by atoms with Gasteiger partial charge >= 0.3 is 0 Å². The van der Waals surface area contributed by atoms with Crippen LogP contribution in [0.25, 0.3) is 0 Å². The van der Waals surface area contributed by atoms with Crippen molar-refractivity contribution >= 4 is 43.2 Å². The summed E-state index contributed by atoms with van der Waals surface area (Å²) in [6.07, 6.45) is 1.03. The Hall–Kier alpha value is -0.230. The van der Waals surface area contributed by atoms with Gasteiger partial charge in [-0.3, -0.25) is 0 Å². The molecule has 26 heavy (non-hydrogen) atoms. The van der Waals surface area contributed by atoms with E-state index < -0.39 is 20.2 Å². The van der Waals surface area contributed by atoms with Gasteiger partial charge < -0.3 is 0 Å². The van der Waals surface area contributed by atoms with Gasteiger partial charge in [0.2, 0.25) is 0 Å². The van der Waals surface area contributed by atoms with E-state index in [1.54, 1.807) is 10.4 Å². The van der Waals surface area contributed by atoms with E-state index in [2.05, 4.69) is 13.8 Å². The smallest absolute Gasteiger partial charge is 0.206 e. The predicted molar refractivity (Wildman–Crippen MR) is 103 cm³/mol. The molecule has 2 aliphatic rings. The minimum Gasteiger partial charge on any atom is -0.206 e. The third-order valence-electron chi connectivity index (χ3n) is 4.83. The van der Waals surface area contributed by atoms with Crippen molar-refractivity contribution in [2.75, 3.05) is 39.3 Å². The molecule has 2 unspecified atom stereocenters. The minimum absolute atomic E-state index is 0.149. The number of hydrogen-bond donors (Lipinski definition) is 0. The van der Waals surface area contributed by atoms with Gasteiger partial charge in [-0.2, -0.15) is 21.3 Å². The lowest BCUT2D eigenvalue weighted by molar-refractivity contribution is 0.197. The Bertz CT molecular complexity index is 837. The van der Waals surface area contributed by atoms with Crippen molar-refractivity contribution < 1.29 is 16.8 Å². The van der Waals surface area contributed by atoms with Crippen molar-refractivity contribution in [3.8, 4) is 0 Å². The number of sulfonamides is 1. The molecule has 148 valence electrons. The van der Waals surface area contributed by atoms with Crippen LogP contribution >= 0.6 is 22.9 Å². The monoisotopic (exact) mass is 441 g/mol. The lowest BCUT2D eigenvalue weighted by Gasteiger charge is -2.39. The highest BCUT2D eigenvalue weighted by molar-refractivity contribution is 7.91. The van der Waals surface area contributed by atoms with Crippen molar-refractivity contribution in [1.82, 2.24) is 12.9 Å². The average molecular weight is 442 g/mol. The molecule has 1 aromatic rings. The second-order valence-corrected chi connectivity index (χ2v) is 12.9. The van der Waals surface area contributed by atoms with Crippen molar-refractivity contribution in [2.45, 2.75) is 24.5 Å². The van der Waals surface area contributed by atoms with Crippen molar-refractivity contribution in [3.63, 3.8) is 0 Å². The molecule has 3 heterocycles. The standard InChI is InChI=1S/C15H24ClN3O4S3/c1-12-9-13(2)11-19(10-12)26(22,23)18-7-5-17(6-8-18)25(20,21)15-4-3-14(16)24-15/h3-4,12-13H,5-11H2,1-2H3. The fraction of sp³-hybridized carbons (Fsp3) is 0.733. The molecule has 0 aromatic carbocycles. The zero-order valence-corrected chi connectivity index (χ0v) is 18.0. The lowest BCUT2D eigenvalue weighted by Crippen LogP contribution is -2.56. The maximum atomic E-state index is 12.9. The summed E-state index contributed by atoms with van der Waals surface area (Å²) in [5, 5.41) is 0. The number of halogens is 1. The maximum absolute atomic E-state index is 12.9. The molecule has 0 amide bonds. The van der Waals surface area contributed by atoms with Crippen molar-refractivity contribution in [1.29, 1.82) is 0 Å². The molecule has 0 radical (unpaired) electrons. The highest BCUT2D eigenvalue weighted by Crippen LogP contribution is 2.30. The molecular weight excluding hydrogens is 418 g/mol. The van der Waals surface area contributed by atoms with Crippen LogP contribution in [0.3, 0.4) is 0 Å². The van der Waals surface area contributed by atoms with Gasteiger partial charge in [0.05, 0.1) is 4.34 Å². The first-order chi connectivity index (χ1) is 12.1. The van der Waals surface area contributed by atoms with Crippen molar-refractivity contribution in [3.05, 3.63) is 16.5 Å². The number of piperidine rings is 1. The van der Waals surface area contributed by atoms with Gasteiger partial charge in [-0.15, -0.1) is 11.3 Å². The van der Waals surface area contributed by atoms with Crippen LogP contribution in [-0.4, -0.2) is 69.0 Å². The first-order valence-corrected chi connectivity index (χ1v) is 12.6. The molecule has 0 saturated carbocycles. The summed E-state index contributed by atoms with van der Waals surface area (Å²) in [5.74, 6) is 0.664. The Kier molecular flexibility index (Phi) is 6.03. The topological polar surface area (TPSA) is 78.0 Å². The van der Waals surface area contributed by atoms with E-state index in [1.165, 1.54) is 14.7 Å². The van der Waals surface area contributed by atoms with Gasteiger partial charge in [-0.25, -0.2) is 8.42 Å². The Morgan fingerprint density at radius 3 is 1.96 bits per heavy atom. The Morgan fingerprint density at radius 2 is 1.46 bits per heavy atom. The third-order valence-corrected chi connectivity index (χ3v) is 10.4. The average Bonchev–Trinajstić information content (AvgIpc) is 3.01. The molecule has 0 aliphatic carbocycles. The van der Waals surface area contributed by atoms with Crippen LogP contribution in [0.15, 0.2) is 16.3 Å². The number of thiophene rings is 1. The molecule has 2 saturated heterocycles. The molecule has 1 aromatic heterocycles. The molecule has 0 N–H and O–H groups in total. The molecule has 0 spiro atoms. The summed E-state index contributed by atoms with van der Waals surface area (Å²) in [4.78, 5) is 0. The van der Waals surface area contributed by atoms with Crippen LogP contribution in [-0.2, 0) is 20.2 Å². The van der Waals surface area contributed by atoms with E-state index in [0.29, 0.717) is 29.3 Å². The van der Waals surface area contributed by atoms with Gasteiger partial charge in [0.25, 0.3) is 20.2 Å². The molecule has 11 heteroatoms. The van der Waals surface area contributed by atoms with Gasteiger partial charge in [0.15, 0.2) is 0 Å². The first-order valence-electron chi connectivity index (χ1n) is 8.61. The number of nitrogens with zero attached hydrogens (tertiary/aromatic N) is 3. The van der Waals surface area contributed by atoms with Crippen LogP contribution in [0, 0.1) is 11.8 Å². The van der Waals surface area contributed by atoms with Gasteiger partial charge in [0, 0.05) is 39.3 Å². The summed E-state index contributed by atoms with van der Waals surface area (Å²) in [6.45, 7) is 5.81. The second-order valence-electron chi connectivity index (χ2n) is 7.13.